The molecule has 2 heterocycles. The van der Waals surface area contributed by atoms with Crippen molar-refractivity contribution in [2.75, 3.05) is 4.90 Å². The topological polar surface area (TPSA) is 29.0 Å². The fraction of sp³-hybridized carbons (Fsp3) is 0.125. The molecule has 0 aliphatic heterocycles. The Morgan fingerprint density at radius 1 is 0.543 bits per heavy atom. The summed E-state index contributed by atoms with van der Waals surface area (Å²) in [6.07, 6.45) is 11.0. The van der Waals surface area contributed by atoms with Crippen molar-refractivity contribution < 1.29 is 0 Å². The molecule has 3 heteroatoms. The fourth-order valence-electron chi connectivity index (χ4n) is 4.31. The van der Waals surface area contributed by atoms with E-state index in [0.717, 1.165) is 45.7 Å². The average Bonchev–Trinajstić information content (AvgIpc) is 2.94. The lowest BCUT2D eigenvalue weighted by molar-refractivity contribution is 0.795. The molecule has 0 spiro atoms. The van der Waals surface area contributed by atoms with Crippen molar-refractivity contribution in [2.45, 2.75) is 26.2 Å². The number of rotatable bonds is 8. The van der Waals surface area contributed by atoms with E-state index in [1.54, 1.807) is 12.4 Å². The monoisotopic (exact) mass is 455 g/mol. The van der Waals surface area contributed by atoms with Crippen LogP contribution in [0.1, 0.15) is 25.3 Å². The maximum Gasteiger partial charge on any atom is 0.0462 e. The molecule has 0 radical (unpaired) electrons. The molecule has 0 aliphatic rings. The maximum absolute atomic E-state index is 4.26. The molecule has 2 aromatic heterocycles. The smallest absolute Gasteiger partial charge is 0.0462 e. The van der Waals surface area contributed by atoms with Crippen molar-refractivity contribution in [3.63, 3.8) is 0 Å². The Hall–Kier alpha value is -4.24. The van der Waals surface area contributed by atoms with Crippen molar-refractivity contribution in [1.29, 1.82) is 0 Å². The molecular formula is C32H29N3. The predicted molar refractivity (Wildman–Crippen MR) is 146 cm³/mol. The second-order valence-corrected chi connectivity index (χ2v) is 8.68. The molecule has 0 bridgehead atoms. The Labute approximate surface area is 207 Å². The molecule has 0 amide bonds. The van der Waals surface area contributed by atoms with Crippen molar-refractivity contribution in [2.24, 2.45) is 0 Å². The molecule has 0 saturated carbocycles. The molecule has 0 N–H and O–H groups in total. The summed E-state index contributed by atoms with van der Waals surface area (Å²) in [5.74, 6) is 0. The summed E-state index contributed by atoms with van der Waals surface area (Å²) in [5, 5.41) is 0. The Morgan fingerprint density at radius 2 is 1.00 bits per heavy atom. The minimum atomic E-state index is 1.12. The van der Waals surface area contributed by atoms with Crippen LogP contribution in [0.3, 0.4) is 0 Å². The summed E-state index contributed by atoms with van der Waals surface area (Å²) in [6.45, 7) is 2.24. The van der Waals surface area contributed by atoms with Crippen LogP contribution >= 0.6 is 0 Å². The molecule has 3 nitrogen and oxygen atoms in total. The van der Waals surface area contributed by atoms with Gasteiger partial charge in [0, 0.05) is 41.8 Å². The van der Waals surface area contributed by atoms with Crippen LogP contribution in [0.25, 0.3) is 22.3 Å². The summed E-state index contributed by atoms with van der Waals surface area (Å²) in [6, 6.07) is 34.5. The van der Waals surface area contributed by atoms with Gasteiger partial charge in [-0.1, -0.05) is 61.9 Å². The van der Waals surface area contributed by atoms with Crippen LogP contribution < -0.4 is 4.90 Å². The molecule has 0 aliphatic carbocycles. The fourth-order valence-corrected chi connectivity index (χ4v) is 4.31. The molecule has 5 aromatic rings. The third kappa shape index (κ3) is 5.30. The lowest BCUT2D eigenvalue weighted by Crippen LogP contribution is -2.10. The normalized spacial score (nSPS) is 10.8. The van der Waals surface area contributed by atoms with E-state index >= 15 is 0 Å². The third-order valence-corrected chi connectivity index (χ3v) is 6.25. The maximum atomic E-state index is 4.26. The first-order valence-corrected chi connectivity index (χ1v) is 12.2. The molecule has 0 unspecified atom stereocenters. The first-order chi connectivity index (χ1) is 17.3. The van der Waals surface area contributed by atoms with Crippen LogP contribution in [-0.2, 0) is 6.42 Å². The number of nitrogens with zero attached hydrogens (tertiary/aromatic N) is 3. The zero-order chi connectivity index (χ0) is 23.9. The molecule has 3 aromatic carbocycles. The van der Waals surface area contributed by atoms with E-state index in [0.29, 0.717) is 0 Å². The summed E-state index contributed by atoms with van der Waals surface area (Å²) in [5.41, 5.74) is 9.31. The molecular weight excluding hydrogens is 426 g/mol. The summed E-state index contributed by atoms with van der Waals surface area (Å²) < 4.78 is 0. The van der Waals surface area contributed by atoms with Crippen LogP contribution in [0.15, 0.2) is 122 Å². The van der Waals surface area contributed by atoms with Crippen LogP contribution in [0.2, 0.25) is 0 Å². The zero-order valence-electron chi connectivity index (χ0n) is 20.0. The van der Waals surface area contributed by atoms with Crippen LogP contribution in [-0.4, -0.2) is 9.97 Å². The van der Waals surface area contributed by atoms with Gasteiger partial charge in [0.2, 0.25) is 0 Å². The molecule has 5 rings (SSSR count). The summed E-state index contributed by atoms with van der Waals surface area (Å²) in [7, 11) is 0. The highest BCUT2D eigenvalue weighted by Gasteiger charge is 2.13. The van der Waals surface area contributed by atoms with E-state index in [9.17, 15) is 0 Å². The van der Waals surface area contributed by atoms with Crippen LogP contribution in [0, 0.1) is 0 Å². The van der Waals surface area contributed by atoms with Crippen LogP contribution in [0.4, 0.5) is 17.1 Å². The minimum Gasteiger partial charge on any atom is -0.311 e. The Morgan fingerprint density at radius 3 is 1.40 bits per heavy atom. The Bertz CT molecular complexity index is 1250. The number of aromatic nitrogens is 2. The minimum absolute atomic E-state index is 1.12. The van der Waals surface area contributed by atoms with Gasteiger partial charge in [-0.15, -0.1) is 0 Å². The third-order valence-electron chi connectivity index (χ3n) is 6.25. The molecule has 0 fully saturated rings. The number of hydrogen-bond donors (Lipinski definition) is 0. The van der Waals surface area contributed by atoms with E-state index in [1.807, 2.05) is 24.5 Å². The van der Waals surface area contributed by atoms with E-state index in [4.69, 9.17) is 0 Å². The van der Waals surface area contributed by atoms with Crippen molar-refractivity contribution >= 4 is 17.1 Å². The van der Waals surface area contributed by atoms with Gasteiger partial charge in [-0.05, 0) is 89.2 Å². The Balaban J connectivity index is 1.50. The van der Waals surface area contributed by atoms with Crippen LogP contribution in [0.5, 0.6) is 0 Å². The van der Waals surface area contributed by atoms with Gasteiger partial charge < -0.3 is 4.90 Å². The molecule has 0 atom stereocenters. The van der Waals surface area contributed by atoms with Gasteiger partial charge in [-0.25, -0.2) is 0 Å². The number of aryl methyl sites for hydroxylation is 1. The van der Waals surface area contributed by atoms with Crippen molar-refractivity contribution in [3.05, 3.63) is 127 Å². The number of anilines is 3. The highest BCUT2D eigenvalue weighted by atomic mass is 15.1. The zero-order valence-corrected chi connectivity index (χ0v) is 20.0. The molecule has 35 heavy (non-hydrogen) atoms. The highest BCUT2D eigenvalue weighted by Crippen LogP contribution is 2.36. The van der Waals surface area contributed by atoms with Gasteiger partial charge in [-0.3, -0.25) is 9.97 Å². The van der Waals surface area contributed by atoms with Crippen molar-refractivity contribution in [1.82, 2.24) is 9.97 Å². The van der Waals surface area contributed by atoms with Gasteiger partial charge >= 0.3 is 0 Å². The predicted octanol–water partition coefficient (Wildman–Crippen LogP) is 8.62. The number of unbranched alkanes of at least 4 members (excludes halogenated alkanes) is 1. The van der Waals surface area contributed by atoms with E-state index in [-0.39, 0.29) is 0 Å². The molecule has 172 valence electrons. The number of pyridine rings is 2. The second kappa shape index (κ2) is 10.8. The largest absolute Gasteiger partial charge is 0.311 e. The quantitative estimate of drug-likeness (QED) is 0.234. The average molecular weight is 456 g/mol. The first-order valence-electron chi connectivity index (χ1n) is 12.2. The van der Waals surface area contributed by atoms with Gasteiger partial charge in [-0.2, -0.15) is 0 Å². The SMILES string of the molecule is CCCCc1ccc(N(c2ccc(-c3cccnc3)cc2)c2ccc(-c3cccnc3)cc2)cc1. The highest BCUT2D eigenvalue weighted by molar-refractivity contribution is 5.79. The standard InChI is InChI=1S/C32H29N3/c1-2-3-6-25-9-15-30(16-10-25)35(31-17-11-26(12-18-31)28-7-4-21-33-23-28)32-19-13-27(14-20-32)29-8-5-22-34-24-29/h4-5,7-24H,2-3,6H2,1H3. The first kappa shape index (κ1) is 22.5. The van der Waals surface area contributed by atoms with E-state index in [2.05, 4.69) is 107 Å². The van der Waals surface area contributed by atoms with E-state index in [1.165, 1.54) is 18.4 Å². The van der Waals surface area contributed by atoms with Gasteiger partial charge in [0.25, 0.3) is 0 Å². The Kier molecular flexibility index (Phi) is 6.95. The number of benzene rings is 3. The van der Waals surface area contributed by atoms with Gasteiger partial charge in [0.1, 0.15) is 0 Å². The number of hydrogen-bond acceptors (Lipinski definition) is 3. The van der Waals surface area contributed by atoms with E-state index < -0.39 is 0 Å². The van der Waals surface area contributed by atoms with Gasteiger partial charge in [0.05, 0.1) is 0 Å². The van der Waals surface area contributed by atoms with Crippen molar-refractivity contribution in [3.8, 4) is 22.3 Å². The molecule has 0 saturated heterocycles. The summed E-state index contributed by atoms with van der Waals surface area (Å²) >= 11 is 0. The lowest BCUT2D eigenvalue weighted by Gasteiger charge is -2.26. The second-order valence-electron chi connectivity index (χ2n) is 8.68. The van der Waals surface area contributed by atoms with Gasteiger partial charge in [0.15, 0.2) is 0 Å². The lowest BCUT2D eigenvalue weighted by atomic mass is 10.0. The summed E-state index contributed by atoms with van der Waals surface area (Å²) in [4.78, 5) is 10.8.